The normalized spacial score (nSPS) is 12.2. The molecule has 2 aromatic carbocycles. The van der Waals surface area contributed by atoms with Gasteiger partial charge in [-0.25, -0.2) is 8.42 Å². The van der Waals surface area contributed by atoms with Gasteiger partial charge in [0.15, 0.2) is 0 Å². The monoisotopic (exact) mass is 527 g/mol. The van der Waals surface area contributed by atoms with Crippen molar-refractivity contribution in [2.75, 3.05) is 23.7 Å². The van der Waals surface area contributed by atoms with Crippen LogP contribution >= 0.6 is 23.2 Å². The van der Waals surface area contributed by atoms with Crippen molar-refractivity contribution in [2.24, 2.45) is 0 Å². The molecule has 0 saturated heterocycles. The summed E-state index contributed by atoms with van der Waals surface area (Å²) in [6.45, 7) is 5.71. The summed E-state index contributed by atoms with van der Waals surface area (Å²) >= 11 is 12.3. The SMILES string of the molecule is CCCCNC(=O)C(C)N(Cc1ccc(C)cc1)C(=O)CN(c1cc(Cl)ccc1Cl)S(C)(=O)=O. The van der Waals surface area contributed by atoms with E-state index < -0.39 is 28.5 Å². The third-order valence-corrected chi connectivity index (χ3v) is 7.01. The molecule has 1 atom stereocenters. The number of rotatable bonds is 11. The van der Waals surface area contributed by atoms with Crippen molar-refractivity contribution in [2.45, 2.75) is 46.2 Å². The Kier molecular flexibility index (Phi) is 10.2. The molecule has 0 radical (unpaired) electrons. The number of benzene rings is 2. The molecule has 1 unspecified atom stereocenters. The number of sulfonamides is 1. The summed E-state index contributed by atoms with van der Waals surface area (Å²) in [5, 5.41) is 3.26. The minimum Gasteiger partial charge on any atom is -0.354 e. The van der Waals surface area contributed by atoms with Crippen LogP contribution in [0.5, 0.6) is 0 Å². The second kappa shape index (κ2) is 12.4. The number of halogens is 2. The van der Waals surface area contributed by atoms with Crippen LogP contribution in [0, 0.1) is 6.92 Å². The summed E-state index contributed by atoms with van der Waals surface area (Å²) in [4.78, 5) is 27.6. The Labute approximate surface area is 212 Å². The van der Waals surface area contributed by atoms with E-state index in [2.05, 4.69) is 5.32 Å². The third-order valence-electron chi connectivity index (χ3n) is 5.33. The first-order chi connectivity index (χ1) is 15.9. The van der Waals surface area contributed by atoms with E-state index >= 15 is 0 Å². The lowest BCUT2D eigenvalue weighted by Crippen LogP contribution is -2.51. The van der Waals surface area contributed by atoms with Crippen LogP contribution in [0.2, 0.25) is 10.0 Å². The maximum atomic E-state index is 13.5. The Morgan fingerprint density at radius 2 is 1.74 bits per heavy atom. The van der Waals surface area contributed by atoms with E-state index in [1.807, 2.05) is 38.1 Å². The molecule has 0 aliphatic carbocycles. The average molecular weight is 529 g/mol. The van der Waals surface area contributed by atoms with Crippen molar-refractivity contribution in [3.05, 3.63) is 63.6 Å². The first-order valence-corrected chi connectivity index (χ1v) is 13.6. The van der Waals surface area contributed by atoms with Gasteiger partial charge < -0.3 is 10.2 Å². The molecular formula is C24H31Cl2N3O4S. The fourth-order valence-electron chi connectivity index (χ4n) is 3.28. The van der Waals surface area contributed by atoms with Gasteiger partial charge in [-0.1, -0.05) is 66.4 Å². The predicted molar refractivity (Wildman–Crippen MR) is 138 cm³/mol. The van der Waals surface area contributed by atoms with Gasteiger partial charge in [-0.2, -0.15) is 0 Å². The maximum absolute atomic E-state index is 13.5. The van der Waals surface area contributed by atoms with Gasteiger partial charge in [0.05, 0.1) is 17.0 Å². The van der Waals surface area contributed by atoms with E-state index in [0.29, 0.717) is 6.54 Å². The van der Waals surface area contributed by atoms with Crippen LogP contribution in [-0.4, -0.2) is 50.5 Å². The van der Waals surface area contributed by atoms with Gasteiger partial charge in [0.1, 0.15) is 12.6 Å². The molecule has 0 fully saturated rings. The van der Waals surface area contributed by atoms with Crippen LogP contribution in [-0.2, 0) is 26.2 Å². The molecular weight excluding hydrogens is 497 g/mol. The van der Waals surface area contributed by atoms with Gasteiger partial charge in [-0.15, -0.1) is 0 Å². The molecule has 0 aromatic heterocycles. The highest BCUT2D eigenvalue weighted by Crippen LogP contribution is 2.30. The topological polar surface area (TPSA) is 86.8 Å². The maximum Gasteiger partial charge on any atom is 0.244 e. The molecule has 2 amide bonds. The highest BCUT2D eigenvalue weighted by atomic mass is 35.5. The predicted octanol–water partition coefficient (Wildman–Crippen LogP) is 4.40. The van der Waals surface area contributed by atoms with E-state index in [0.717, 1.165) is 34.5 Å². The summed E-state index contributed by atoms with van der Waals surface area (Å²) < 4.78 is 26.1. The lowest BCUT2D eigenvalue weighted by Gasteiger charge is -2.31. The van der Waals surface area contributed by atoms with Crippen molar-refractivity contribution < 1.29 is 18.0 Å². The van der Waals surface area contributed by atoms with Crippen LogP contribution in [0.4, 0.5) is 5.69 Å². The number of hydrogen-bond acceptors (Lipinski definition) is 4. The summed E-state index contributed by atoms with van der Waals surface area (Å²) in [5.41, 5.74) is 1.98. The van der Waals surface area contributed by atoms with Crippen LogP contribution in [0.15, 0.2) is 42.5 Å². The molecule has 0 aliphatic heterocycles. The van der Waals surface area contributed by atoms with Crippen LogP contribution in [0.3, 0.4) is 0 Å². The molecule has 2 aromatic rings. The Morgan fingerprint density at radius 1 is 1.09 bits per heavy atom. The minimum absolute atomic E-state index is 0.0975. The fourth-order valence-corrected chi connectivity index (χ4v) is 4.57. The summed E-state index contributed by atoms with van der Waals surface area (Å²) in [6, 6.07) is 11.2. The van der Waals surface area contributed by atoms with Crippen molar-refractivity contribution in [3.63, 3.8) is 0 Å². The molecule has 0 saturated carbocycles. The summed E-state index contributed by atoms with van der Waals surface area (Å²) in [6.07, 6.45) is 2.73. The van der Waals surface area contributed by atoms with E-state index in [1.165, 1.54) is 23.1 Å². The second-order valence-corrected chi connectivity index (χ2v) is 10.9. The highest BCUT2D eigenvalue weighted by Gasteiger charge is 2.30. The molecule has 2 rings (SSSR count). The molecule has 0 aliphatic rings. The molecule has 7 nitrogen and oxygen atoms in total. The van der Waals surface area contributed by atoms with Gasteiger partial charge in [0, 0.05) is 18.1 Å². The van der Waals surface area contributed by atoms with Gasteiger partial charge in [0.2, 0.25) is 21.8 Å². The molecule has 34 heavy (non-hydrogen) atoms. The molecule has 0 spiro atoms. The van der Waals surface area contributed by atoms with Crippen molar-refractivity contribution in [1.29, 1.82) is 0 Å². The number of amides is 2. The lowest BCUT2D eigenvalue weighted by atomic mass is 10.1. The molecule has 0 heterocycles. The standard InChI is InChI=1S/C24H31Cl2N3O4S/c1-5-6-13-27-24(31)18(3)28(15-19-9-7-17(2)8-10-19)23(30)16-29(34(4,32)33)22-14-20(25)11-12-21(22)26/h7-12,14,18H,5-6,13,15-16H2,1-4H3,(H,27,31). The largest absolute Gasteiger partial charge is 0.354 e. The number of carbonyl (C=O) groups excluding carboxylic acids is 2. The van der Waals surface area contributed by atoms with E-state index in [-0.39, 0.29) is 28.2 Å². The van der Waals surface area contributed by atoms with Gasteiger partial charge in [-0.3, -0.25) is 13.9 Å². The number of carbonyl (C=O) groups is 2. The number of anilines is 1. The van der Waals surface area contributed by atoms with Crippen LogP contribution in [0.1, 0.15) is 37.8 Å². The fraction of sp³-hybridized carbons (Fsp3) is 0.417. The van der Waals surface area contributed by atoms with Gasteiger partial charge >= 0.3 is 0 Å². The average Bonchev–Trinajstić information content (AvgIpc) is 2.77. The number of hydrogen-bond donors (Lipinski definition) is 1. The van der Waals surface area contributed by atoms with E-state index in [1.54, 1.807) is 6.92 Å². The molecule has 1 N–H and O–H groups in total. The smallest absolute Gasteiger partial charge is 0.244 e. The van der Waals surface area contributed by atoms with Crippen LogP contribution < -0.4 is 9.62 Å². The zero-order valence-electron chi connectivity index (χ0n) is 19.8. The van der Waals surface area contributed by atoms with E-state index in [4.69, 9.17) is 23.2 Å². The Morgan fingerprint density at radius 3 is 2.32 bits per heavy atom. The Balaban J connectivity index is 2.38. The number of unbranched alkanes of at least 4 members (excludes halogenated alkanes) is 1. The van der Waals surface area contributed by atoms with Gasteiger partial charge in [-0.05, 0) is 44.0 Å². The number of nitrogens with one attached hydrogen (secondary N) is 1. The van der Waals surface area contributed by atoms with Crippen molar-refractivity contribution in [3.8, 4) is 0 Å². The zero-order valence-corrected chi connectivity index (χ0v) is 22.2. The number of aryl methyl sites for hydroxylation is 1. The number of nitrogens with zero attached hydrogens (tertiary/aromatic N) is 2. The summed E-state index contributed by atoms with van der Waals surface area (Å²) in [5.74, 6) is -0.846. The zero-order chi connectivity index (χ0) is 25.5. The quantitative estimate of drug-likeness (QED) is 0.438. The third kappa shape index (κ3) is 7.89. The Bertz CT molecular complexity index is 1110. The van der Waals surface area contributed by atoms with Crippen molar-refractivity contribution >= 4 is 50.7 Å². The first-order valence-electron chi connectivity index (χ1n) is 11.0. The second-order valence-electron chi connectivity index (χ2n) is 8.19. The Hall–Kier alpha value is -2.29. The molecule has 10 heteroatoms. The van der Waals surface area contributed by atoms with E-state index in [9.17, 15) is 18.0 Å². The first kappa shape index (κ1) is 28.0. The summed E-state index contributed by atoms with van der Waals surface area (Å²) in [7, 11) is -3.89. The van der Waals surface area contributed by atoms with Gasteiger partial charge in [0.25, 0.3) is 0 Å². The van der Waals surface area contributed by atoms with Crippen LogP contribution in [0.25, 0.3) is 0 Å². The lowest BCUT2D eigenvalue weighted by molar-refractivity contribution is -0.139. The molecule has 186 valence electrons. The molecule has 0 bridgehead atoms. The highest BCUT2D eigenvalue weighted by molar-refractivity contribution is 7.92. The van der Waals surface area contributed by atoms with Crippen molar-refractivity contribution in [1.82, 2.24) is 10.2 Å². The minimum atomic E-state index is -3.89.